The first-order chi connectivity index (χ1) is 9.34. The van der Waals surface area contributed by atoms with Crippen molar-refractivity contribution in [2.24, 2.45) is 0 Å². The van der Waals surface area contributed by atoms with Crippen molar-refractivity contribution in [3.8, 4) is 0 Å². The van der Waals surface area contributed by atoms with Crippen molar-refractivity contribution < 1.29 is 0 Å². The lowest BCUT2D eigenvalue weighted by Crippen LogP contribution is -2.18. The summed E-state index contributed by atoms with van der Waals surface area (Å²) >= 11 is 0. The van der Waals surface area contributed by atoms with Crippen LogP contribution in [0.1, 0.15) is 37.7 Å². The summed E-state index contributed by atoms with van der Waals surface area (Å²) in [6.45, 7) is 9.04. The van der Waals surface area contributed by atoms with Gasteiger partial charge in [-0.3, -0.25) is 0 Å². The molecule has 106 valence electrons. The SMILES string of the molecule is Cc1cccc(CNc2cc(N)nc(C(C)(C)C)n2)c1. The molecule has 0 saturated carbocycles. The minimum atomic E-state index is -0.116. The average Bonchev–Trinajstić information content (AvgIpc) is 2.35. The van der Waals surface area contributed by atoms with Gasteiger partial charge < -0.3 is 11.1 Å². The molecule has 0 spiro atoms. The smallest absolute Gasteiger partial charge is 0.138 e. The average molecular weight is 270 g/mol. The fourth-order valence-corrected chi connectivity index (χ4v) is 1.91. The van der Waals surface area contributed by atoms with Crippen LogP contribution in [-0.2, 0) is 12.0 Å². The maximum Gasteiger partial charge on any atom is 0.138 e. The molecule has 1 aromatic heterocycles. The Labute approximate surface area is 120 Å². The molecule has 1 heterocycles. The van der Waals surface area contributed by atoms with Gasteiger partial charge in [-0.15, -0.1) is 0 Å². The number of nitrogens with zero attached hydrogens (tertiary/aromatic N) is 2. The summed E-state index contributed by atoms with van der Waals surface area (Å²) in [6.07, 6.45) is 0. The minimum absolute atomic E-state index is 0.116. The Morgan fingerprint density at radius 3 is 2.55 bits per heavy atom. The summed E-state index contributed by atoms with van der Waals surface area (Å²) in [4.78, 5) is 8.84. The molecule has 4 heteroatoms. The Kier molecular flexibility index (Phi) is 3.93. The lowest BCUT2D eigenvalue weighted by molar-refractivity contribution is 0.547. The number of hydrogen-bond acceptors (Lipinski definition) is 4. The minimum Gasteiger partial charge on any atom is -0.384 e. The zero-order chi connectivity index (χ0) is 14.8. The van der Waals surface area contributed by atoms with E-state index in [1.54, 1.807) is 6.07 Å². The zero-order valence-electron chi connectivity index (χ0n) is 12.6. The number of benzene rings is 1. The quantitative estimate of drug-likeness (QED) is 0.898. The first-order valence-electron chi connectivity index (χ1n) is 6.79. The summed E-state index contributed by atoms with van der Waals surface area (Å²) in [7, 11) is 0. The third kappa shape index (κ3) is 3.70. The van der Waals surface area contributed by atoms with E-state index in [9.17, 15) is 0 Å². The van der Waals surface area contributed by atoms with Crippen LogP contribution in [0.2, 0.25) is 0 Å². The van der Waals surface area contributed by atoms with E-state index in [4.69, 9.17) is 5.73 Å². The summed E-state index contributed by atoms with van der Waals surface area (Å²) < 4.78 is 0. The van der Waals surface area contributed by atoms with Gasteiger partial charge in [-0.1, -0.05) is 50.6 Å². The van der Waals surface area contributed by atoms with Gasteiger partial charge in [0.05, 0.1) is 0 Å². The standard InChI is InChI=1S/C16H22N4/c1-11-6-5-7-12(8-11)10-18-14-9-13(17)19-15(20-14)16(2,3)4/h5-9H,10H2,1-4H3,(H3,17,18,19,20). The first kappa shape index (κ1) is 14.3. The van der Waals surface area contributed by atoms with E-state index in [-0.39, 0.29) is 5.41 Å². The molecule has 0 unspecified atom stereocenters. The molecule has 3 N–H and O–H groups in total. The van der Waals surface area contributed by atoms with Gasteiger partial charge in [0.25, 0.3) is 0 Å². The van der Waals surface area contributed by atoms with Gasteiger partial charge in [0.1, 0.15) is 17.5 Å². The molecule has 0 aliphatic rings. The van der Waals surface area contributed by atoms with Crippen LogP contribution in [0.4, 0.5) is 11.6 Å². The van der Waals surface area contributed by atoms with E-state index in [0.29, 0.717) is 5.82 Å². The van der Waals surface area contributed by atoms with Crippen LogP contribution in [-0.4, -0.2) is 9.97 Å². The summed E-state index contributed by atoms with van der Waals surface area (Å²) in [5.41, 5.74) is 8.22. The van der Waals surface area contributed by atoms with E-state index in [0.717, 1.165) is 18.2 Å². The van der Waals surface area contributed by atoms with Crippen molar-refractivity contribution in [3.63, 3.8) is 0 Å². The number of nitrogens with one attached hydrogen (secondary N) is 1. The third-order valence-corrected chi connectivity index (χ3v) is 2.97. The van der Waals surface area contributed by atoms with Crippen LogP contribution >= 0.6 is 0 Å². The molecule has 4 nitrogen and oxygen atoms in total. The van der Waals surface area contributed by atoms with E-state index >= 15 is 0 Å². The zero-order valence-corrected chi connectivity index (χ0v) is 12.6. The normalized spacial score (nSPS) is 11.4. The fourth-order valence-electron chi connectivity index (χ4n) is 1.91. The number of hydrogen-bond donors (Lipinski definition) is 2. The highest BCUT2D eigenvalue weighted by Gasteiger charge is 2.18. The van der Waals surface area contributed by atoms with Gasteiger partial charge >= 0.3 is 0 Å². The van der Waals surface area contributed by atoms with Crippen LogP contribution in [0.25, 0.3) is 0 Å². The monoisotopic (exact) mass is 270 g/mol. The van der Waals surface area contributed by atoms with Gasteiger partial charge in [0.2, 0.25) is 0 Å². The van der Waals surface area contributed by atoms with Gasteiger partial charge in [0, 0.05) is 18.0 Å². The number of aromatic nitrogens is 2. The van der Waals surface area contributed by atoms with Crippen LogP contribution in [0.3, 0.4) is 0 Å². The van der Waals surface area contributed by atoms with Crippen LogP contribution in [0.5, 0.6) is 0 Å². The Morgan fingerprint density at radius 1 is 1.15 bits per heavy atom. The maximum atomic E-state index is 5.86. The van der Waals surface area contributed by atoms with Crippen LogP contribution in [0.15, 0.2) is 30.3 Å². The van der Waals surface area contributed by atoms with Gasteiger partial charge in [-0.2, -0.15) is 0 Å². The summed E-state index contributed by atoms with van der Waals surface area (Å²) in [5.74, 6) is 2.02. The molecule has 0 radical (unpaired) electrons. The number of nitrogens with two attached hydrogens (primary N) is 1. The van der Waals surface area contributed by atoms with E-state index < -0.39 is 0 Å². The number of nitrogen functional groups attached to an aromatic ring is 1. The Balaban J connectivity index is 2.16. The second-order valence-corrected chi connectivity index (χ2v) is 6.09. The van der Waals surface area contributed by atoms with Crippen LogP contribution in [0, 0.1) is 6.92 Å². The van der Waals surface area contributed by atoms with E-state index in [2.05, 4.69) is 67.2 Å². The predicted octanol–water partition coefficient (Wildman–Crippen LogP) is 3.28. The molecule has 2 rings (SSSR count). The van der Waals surface area contributed by atoms with Crippen LogP contribution < -0.4 is 11.1 Å². The number of aryl methyl sites for hydroxylation is 1. The van der Waals surface area contributed by atoms with Gasteiger partial charge in [0.15, 0.2) is 0 Å². The Bertz CT molecular complexity index is 600. The molecule has 0 aliphatic heterocycles. The molecular weight excluding hydrogens is 248 g/mol. The molecule has 1 aromatic carbocycles. The molecule has 2 aromatic rings. The molecule has 20 heavy (non-hydrogen) atoms. The number of rotatable bonds is 3. The van der Waals surface area contributed by atoms with Crippen molar-refractivity contribution in [3.05, 3.63) is 47.3 Å². The summed E-state index contributed by atoms with van der Waals surface area (Å²) in [6, 6.07) is 10.2. The molecule has 0 fully saturated rings. The van der Waals surface area contributed by atoms with Crippen molar-refractivity contribution >= 4 is 11.6 Å². The highest BCUT2D eigenvalue weighted by Crippen LogP contribution is 2.21. The molecule has 0 atom stereocenters. The highest BCUT2D eigenvalue weighted by atomic mass is 15.1. The van der Waals surface area contributed by atoms with Crippen molar-refractivity contribution in [1.82, 2.24) is 9.97 Å². The maximum absolute atomic E-state index is 5.86. The molecule has 0 bridgehead atoms. The Hall–Kier alpha value is -2.10. The molecule has 0 aliphatic carbocycles. The van der Waals surface area contributed by atoms with Crippen molar-refractivity contribution in [1.29, 1.82) is 0 Å². The first-order valence-corrected chi connectivity index (χ1v) is 6.79. The van der Waals surface area contributed by atoms with E-state index in [1.807, 2.05) is 0 Å². The highest BCUT2D eigenvalue weighted by molar-refractivity contribution is 5.45. The van der Waals surface area contributed by atoms with E-state index in [1.165, 1.54) is 11.1 Å². The predicted molar refractivity (Wildman–Crippen MR) is 83.7 cm³/mol. The Morgan fingerprint density at radius 2 is 1.90 bits per heavy atom. The lowest BCUT2D eigenvalue weighted by Gasteiger charge is -2.18. The molecule has 0 amide bonds. The lowest BCUT2D eigenvalue weighted by atomic mass is 9.96. The largest absolute Gasteiger partial charge is 0.384 e. The topological polar surface area (TPSA) is 63.8 Å². The second kappa shape index (κ2) is 5.49. The fraction of sp³-hybridized carbons (Fsp3) is 0.375. The molecular formula is C16H22N4. The summed E-state index contributed by atoms with van der Waals surface area (Å²) in [5, 5.41) is 3.31. The van der Waals surface area contributed by atoms with Gasteiger partial charge in [-0.25, -0.2) is 9.97 Å². The number of anilines is 2. The van der Waals surface area contributed by atoms with Crippen molar-refractivity contribution in [2.45, 2.75) is 39.7 Å². The second-order valence-electron chi connectivity index (χ2n) is 6.09. The van der Waals surface area contributed by atoms with Crippen molar-refractivity contribution in [2.75, 3.05) is 11.1 Å². The molecule has 0 saturated heterocycles. The third-order valence-electron chi connectivity index (χ3n) is 2.97. The van der Waals surface area contributed by atoms with Gasteiger partial charge in [-0.05, 0) is 12.5 Å².